The molecule has 31 heavy (non-hydrogen) atoms. The zero-order chi connectivity index (χ0) is 23.3. The van der Waals surface area contributed by atoms with Crippen molar-refractivity contribution in [3.8, 4) is 0 Å². The Hall–Kier alpha value is -1.84. The number of halogens is 2. The predicted molar refractivity (Wildman–Crippen MR) is 122 cm³/mol. The first-order valence-electron chi connectivity index (χ1n) is 10.2. The van der Waals surface area contributed by atoms with Crippen LogP contribution in [0.5, 0.6) is 0 Å². The average Bonchev–Trinajstić information content (AvgIpc) is 2.61. The van der Waals surface area contributed by atoms with Crippen molar-refractivity contribution in [2.45, 2.75) is 58.1 Å². The van der Waals surface area contributed by atoms with Crippen molar-refractivity contribution in [1.82, 2.24) is 14.5 Å². The second kappa shape index (κ2) is 8.26. The second-order valence-electron chi connectivity index (χ2n) is 9.67. The fraction of sp³-hybridized carbons (Fsp3) is 0.591. The molecule has 1 unspecified atom stereocenters. The zero-order valence-electron chi connectivity index (χ0n) is 19.1. The Labute approximate surface area is 184 Å². The summed E-state index contributed by atoms with van der Waals surface area (Å²) >= 11 is -1.45. The molecule has 2 heterocycles. The molecule has 0 saturated carbocycles. The number of nitrogens with zero attached hydrogens (tertiary/aromatic N) is 4. The molecule has 0 radical (unpaired) electrons. The fourth-order valence-corrected chi connectivity index (χ4v) is 4.67. The van der Waals surface area contributed by atoms with Crippen molar-refractivity contribution in [3.05, 3.63) is 39.4 Å². The fourth-order valence-electron chi connectivity index (χ4n) is 4.05. The highest BCUT2D eigenvalue weighted by atomic mass is 32.2. The van der Waals surface area contributed by atoms with Gasteiger partial charge in [-0.05, 0) is 52.3 Å². The summed E-state index contributed by atoms with van der Waals surface area (Å²) in [6.45, 7) is 11.7. The summed E-state index contributed by atoms with van der Waals surface area (Å²) in [5, 5.41) is 0.463. The molecule has 2 aromatic rings. The van der Waals surface area contributed by atoms with Crippen LogP contribution in [0.3, 0.4) is 0 Å². The lowest BCUT2D eigenvalue weighted by Gasteiger charge is -2.47. The molecular formula is C22H30F2N4O2S. The molecule has 1 aliphatic rings. The van der Waals surface area contributed by atoms with Crippen molar-refractivity contribution in [2.75, 3.05) is 19.6 Å². The Balaban J connectivity index is 2.14. The van der Waals surface area contributed by atoms with Crippen molar-refractivity contribution >= 4 is 28.0 Å². The summed E-state index contributed by atoms with van der Waals surface area (Å²) in [5.41, 5.74) is 1.90. The zero-order valence-corrected chi connectivity index (χ0v) is 19.9. The van der Waals surface area contributed by atoms with Crippen LogP contribution in [-0.4, -0.2) is 55.5 Å². The number of alkyl halides is 2. The highest BCUT2D eigenvalue weighted by Gasteiger charge is 2.44. The minimum absolute atomic E-state index is 0.191. The van der Waals surface area contributed by atoms with Crippen LogP contribution in [0.25, 0.3) is 10.9 Å². The van der Waals surface area contributed by atoms with E-state index in [1.807, 2.05) is 40.7 Å². The number of hydrogen-bond acceptors (Lipinski definition) is 5. The Kier molecular flexibility index (Phi) is 6.34. The number of aromatic nitrogens is 2. The molecular weight excluding hydrogens is 422 g/mol. The molecule has 1 aromatic carbocycles. The first-order valence-corrected chi connectivity index (χ1v) is 11.3. The maximum absolute atomic E-state index is 13.2. The first-order chi connectivity index (χ1) is 14.2. The van der Waals surface area contributed by atoms with E-state index >= 15 is 0 Å². The molecule has 0 amide bonds. The van der Waals surface area contributed by atoms with Gasteiger partial charge in [0.25, 0.3) is 12.0 Å². The predicted octanol–water partition coefficient (Wildman–Crippen LogP) is 3.35. The van der Waals surface area contributed by atoms with Gasteiger partial charge in [0.1, 0.15) is 21.9 Å². The molecule has 6 nitrogen and oxygen atoms in total. The average molecular weight is 453 g/mol. The Morgan fingerprint density at radius 3 is 2.52 bits per heavy atom. The van der Waals surface area contributed by atoms with Gasteiger partial charge in [0.05, 0.1) is 28.6 Å². The molecule has 0 aliphatic carbocycles. The van der Waals surface area contributed by atoms with Crippen LogP contribution in [-0.2, 0) is 23.8 Å². The van der Waals surface area contributed by atoms with Crippen LogP contribution in [0.15, 0.2) is 21.3 Å². The SMILES string of the molecule is CC(=N[S+]([O-])C(C)(C)C)c1cc(C)cc2c(=O)n(C)c(C3(C)CN(CC(F)F)C3)nc12. The van der Waals surface area contributed by atoms with Crippen molar-refractivity contribution in [2.24, 2.45) is 11.4 Å². The standard InChI is InChI=1S/C22H30F2N4O2S/c1-13-8-15(14(2)26-31(30)21(3,4)5)18-16(9-13)19(29)27(7)20(25-18)22(6)11-28(12-22)10-17(23)24/h8-9,17H,10-12H2,1-7H3. The molecule has 0 spiro atoms. The summed E-state index contributed by atoms with van der Waals surface area (Å²) in [4.78, 5) is 19.7. The van der Waals surface area contributed by atoms with Crippen molar-refractivity contribution < 1.29 is 13.3 Å². The van der Waals surface area contributed by atoms with Gasteiger partial charge in [-0.15, -0.1) is 0 Å². The third-order valence-electron chi connectivity index (χ3n) is 5.54. The van der Waals surface area contributed by atoms with E-state index in [0.717, 1.165) is 5.56 Å². The van der Waals surface area contributed by atoms with Crippen LogP contribution in [0.2, 0.25) is 0 Å². The van der Waals surface area contributed by atoms with E-state index in [-0.39, 0.29) is 12.1 Å². The van der Waals surface area contributed by atoms with E-state index < -0.39 is 27.9 Å². The Morgan fingerprint density at radius 1 is 1.35 bits per heavy atom. The number of fused-ring (bicyclic) bond motifs is 1. The van der Waals surface area contributed by atoms with E-state index in [0.29, 0.717) is 41.1 Å². The smallest absolute Gasteiger partial charge is 0.261 e. The van der Waals surface area contributed by atoms with Crippen molar-refractivity contribution in [1.29, 1.82) is 0 Å². The van der Waals surface area contributed by atoms with E-state index in [1.54, 1.807) is 24.9 Å². The van der Waals surface area contributed by atoms with Gasteiger partial charge in [0, 0.05) is 25.7 Å². The number of aryl methyl sites for hydroxylation is 1. The quantitative estimate of drug-likeness (QED) is 0.515. The molecule has 0 bridgehead atoms. The second-order valence-corrected chi connectivity index (χ2v) is 11.6. The maximum Gasteiger partial charge on any atom is 0.261 e. The molecule has 1 atom stereocenters. The van der Waals surface area contributed by atoms with Gasteiger partial charge in [-0.1, -0.05) is 11.3 Å². The lowest BCUT2D eigenvalue weighted by Crippen LogP contribution is -2.60. The molecule has 170 valence electrons. The van der Waals surface area contributed by atoms with Gasteiger partial charge in [0.15, 0.2) is 0 Å². The summed E-state index contributed by atoms with van der Waals surface area (Å²) < 4.78 is 43.4. The molecule has 1 aromatic heterocycles. The van der Waals surface area contributed by atoms with Crippen LogP contribution in [0, 0.1) is 6.92 Å². The van der Waals surface area contributed by atoms with Gasteiger partial charge in [0.2, 0.25) is 0 Å². The molecule has 9 heteroatoms. The van der Waals surface area contributed by atoms with Gasteiger partial charge in [-0.25, -0.2) is 13.8 Å². The minimum Gasteiger partial charge on any atom is -0.591 e. The normalized spacial score (nSPS) is 18.5. The summed E-state index contributed by atoms with van der Waals surface area (Å²) in [6, 6.07) is 3.68. The third kappa shape index (κ3) is 4.68. The van der Waals surface area contributed by atoms with E-state index in [1.165, 1.54) is 4.57 Å². The van der Waals surface area contributed by atoms with Crippen LogP contribution >= 0.6 is 0 Å². The van der Waals surface area contributed by atoms with Crippen molar-refractivity contribution in [3.63, 3.8) is 0 Å². The molecule has 0 N–H and O–H groups in total. The summed E-state index contributed by atoms with van der Waals surface area (Å²) in [7, 11) is 1.67. The lowest BCUT2D eigenvalue weighted by atomic mass is 9.80. The van der Waals surface area contributed by atoms with Gasteiger partial charge in [-0.3, -0.25) is 14.3 Å². The highest BCUT2D eigenvalue weighted by molar-refractivity contribution is 7.91. The van der Waals surface area contributed by atoms with E-state index in [2.05, 4.69) is 4.40 Å². The largest absolute Gasteiger partial charge is 0.591 e. The van der Waals surface area contributed by atoms with E-state index in [4.69, 9.17) is 4.98 Å². The molecule has 3 rings (SSSR count). The highest BCUT2D eigenvalue weighted by Crippen LogP contribution is 2.34. The number of benzene rings is 1. The number of rotatable bonds is 5. The first kappa shape index (κ1) is 23.8. The number of hydrogen-bond donors (Lipinski definition) is 0. The summed E-state index contributed by atoms with van der Waals surface area (Å²) in [6.07, 6.45) is -2.39. The Morgan fingerprint density at radius 2 is 1.97 bits per heavy atom. The molecule has 1 aliphatic heterocycles. The lowest BCUT2D eigenvalue weighted by molar-refractivity contribution is 0.00893. The maximum atomic E-state index is 13.2. The van der Waals surface area contributed by atoms with Crippen LogP contribution in [0.4, 0.5) is 8.78 Å². The van der Waals surface area contributed by atoms with Gasteiger partial charge < -0.3 is 4.55 Å². The third-order valence-corrected chi connectivity index (χ3v) is 7.03. The minimum atomic E-state index is -2.39. The molecule has 1 saturated heterocycles. The van der Waals surface area contributed by atoms with Gasteiger partial charge in [-0.2, -0.15) is 0 Å². The topological polar surface area (TPSA) is 73.6 Å². The van der Waals surface area contributed by atoms with Gasteiger partial charge >= 0.3 is 0 Å². The van der Waals surface area contributed by atoms with Crippen LogP contribution in [0.1, 0.15) is 51.6 Å². The molecule has 1 fully saturated rings. The van der Waals surface area contributed by atoms with E-state index in [9.17, 15) is 18.1 Å². The monoisotopic (exact) mass is 452 g/mol. The number of likely N-dealkylation sites (tertiary alicyclic amines) is 1. The van der Waals surface area contributed by atoms with Crippen LogP contribution < -0.4 is 5.56 Å². The summed E-state index contributed by atoms with van der Waals surface area (Å²) in [5.74, 6) is 0.561. The Bertz CT molecular complexity index is 1090.